The number of urea groups is 1. The fourth-order valence-electron chi connectivity index (χ4n) is 1.73. The van der Waals surface area contributed by atoms with Crippen LogP contribution < -0.4 is 15.4 Å². The van der Waals surface area contributed by atoms with Crippen LogP contribution in [0, 0.1) is 0 Å². The normalized spacial score (nSPS) is 10.1. The summed E-state index contributed by atoms with van der Waals surface area (Å²) in [5.74, 6) is 0.668. The average molecular weight is 321 g/mol. The molecule has 0 saturated heterocycles. The van der Waals surface area contributed by atoms with Crippen LogP contribution in [-0.2, 0) is 4.74 Å². The van der Waals surface area contributed by atoms with Gasteiger partial charge in [-0.25, -0.2) is 4.79 Å². The number of nitrogens with one attached hydrogen (secondary N) is 2. The van der Waals surface area contributed by atoms with Crippen molar-refractivity contribution in [2.24, 2.45) is 0 Å². The van der Waals surface area contributed by atoms with Crippen molar-refractivity contribution in [3.05, 3.63) is 53.6 Å². The molecule has 0 aliphatic carbocycles. The third-order valence-electron chi connectivity index (χ3n) is 2.75. The number of methoxy groups -OCH3 is 1. The minimum absolute atomic E-state index is 0.337. The van der Waals surface area contributed by atoms with Crippen LogP contribution >= 0.6 is 11.6 Å². The van der Waals surface area contributed by atoms with Gasteiger partial charge in [0, 0.05) is 29.6 Å². The van der Waals surface area contributed by atoms with E-state index in [0.29, 0.717) is 35.4 Å². The fraction of sp³-hybridized carbons (Fsp3) is 0.188. The van der Waals surface area contributed by atoms with Crippen molar-refractivity contribution in [2.45, 2.75) is 0 Å². The van der Waals surface area contributed by atoms with E-state index in [9.17, 15) is 4.79 Å². The summed E-state index contributed by atoms with van der Waals surface area (Å²) in [6.45, 7) is 0.964. The maximum atomic E-state index is 11.9. The van der Waals surface area contributed by atoms with Crippen molar-refractivity contribution >= 4 is 29.0 Å². The monoisotopic (exact) mass is 320 g/mol. The lowest BCUT2D eigenvalue weighted by atomic mass is 10.3. The van der Waals surface area contributed by atoms with Crippen molar-refractivity contribution in [1.29, 1.82) is 0 Å². The van der Waals surface area contributed by atoms with Gasteiger partial charge in [0.15, 0.2) is 0 Å². The van der Waals surface area contributed by atoms with Gasteiger partial charge in [0.25, 0.3) is 0 Å². The van der Waals surface area contributed by atoms with Crippen LogP contribution in [0.1, 0.15) is 0 Å². The Hall–Kier alpha value is -2.24. The Morgan fingerprint density at radius 3 is 2.50 bits per heavy atom. The molecular weight excluding hydrogens is 304 g/mol. The standard InChI is InChI=1S/C16H17ClN2O3/c1-21-9-10-22-15-4-2-3-14(11-15)19-16(20)18-13-7-5-12(17)6-8-13/h2-8,11H,9-10H2,1H3,(H2,18,19,20). The summed E-state index contributed by atoms with van der Waals surface area (Å²) in [5, 5.41) is 6.08. The number of carbonyl (C=O) groups is 1. The van der Waals surface area contributed by atoms with Gasteiger partial charge in [0.05, 0.1) is 6.61 Å². The van der Waals surface area contributed by atoms with Crippen LogP contribution in [-0.4, -0.2) is 26.4 Å². The Kier molecular flexibility index (Phi) is 6.06. The molecule has 6 heteroatoms. The van der Waals surface area contributed by atoms with Gasteiger partial charge in [-0.15, -0.1) is 0 Å². The molecule has 2 N–H and O–H groups in total. The van der Waals surface area contributed by atoms with E-state index in [2.05, 4.69) is 10.6 Å². The Bertz CT molecular complexity index is 617. The summed E-state index contributed by atoms with van der Waals surface area (Å²) in [4.78, 5) is 11.9. The van der Waals surface area contributed by atoms with Gasteiger partial charge < -0.3 is 20.1 Å². The molecule has 0 bridgehead atoms. The molecule has 0 unspecified atom stereocenters. The number of carbonyl (C=O) groups excluding carboxylic acids is 1. The molecule has 0 atom stereocenters. The van der Waals surface area contributed by atoms with Gasteiger partial charge in [0.2, 0.25) is 0 Å². The van der Waals surface area contributed by atoms with Crippen LogP contribution in [0.4, 0.5) is 16.2 Å². The highest BCUT2D eigenvalue weighted by molar-refractivity contribution is 6.30. The zero-order valence-corrected chi connectivity index (χ0v) is 12.9. The Labute approximate surface area is 134 Å². The number of hydrogen-bond acceptors (Lipinski definition) is 3. The second-order valence-electron chi connectivity index (χ2n) is 4.46. The summed E-state index contributed by atoms with van der Waals surface area (Å²) in [7, 11) is 1.61. The lowest BCUT2D eigenvalue weighted by Gasteiger charge is -2.10. The lowest BCUT2D eigenvalue weighted by Crippen LogP contribution is -2.19. The van der Waals surface area contributed by atoms with E-state index in [1.807, 2.05) is 6.07 Å². The molecule has 2 aromatic rings. The van der Waals surface area contributed by atoms with Crippen molar-refractivity contribution in [3.63, 3.8) is 0 Å². The van der Waals surface area contributed by atoms with Gasteiger partial charge in [-0.1, -0.05) is 17.7 Å². The topological polar surface area (TPSA) is 59.6 Å². The second-order valence-corrected chi connectivity index (χ2v) is 4.89. The largest absolute Gasteiger partial charge is 0.491 e. The molecule has 0 aromatic heterocycles. The number of halogens is 1. The maximum Gasteiger partial charge on any atom is 0.323 e. The molecule has 0 saturated carbocycles. The lowest BCUT2D eigenvalue weighted by molar-refractivity contribution is 0.146. The summed E-state index contributed by atoms with van der Waals surface area (Å²) in [5.41, 5.74) is 1.30. The highest BCUT2D eigenvalue weighted by Crippen LogP contribution is 2.18. The van der Waals surface area contributed by atoms with E-state index < -0.39 is 0 Å². The van der Waals surface area contributed by atoms with Gasteiger partial charge in [-0.3, -0.25) is 0 Å². The van der Waals surface area contributed by atoms with Crippen LogP contribution in [0.15, 0.2) is 48.5 Å². The van der Waals surface area contributed by atoms with Crippen molar-refractivity contribution < 1.29 is 14.3 Å². The van der Waals surface area contributed by atoms with E-state index in [0.717, 1.165) is 0 Å². The fourth-order valence-corrected chi connectivity index (χ4v) is 1.86. The third kappa shape index (κ3) is 5.27. The van der Waals surface area contributed by atoms with E-state index >= 15 is 0 Å². The van der Waals surface area contributed by atoms with Gasteiger partial charge in [-0.2, -0.15) is 0 Å². The van der Waals surface area contributed by atoms with E-state index in [-0.39, 0.29) is 6.03 Å². The number of anilines is 2. The van der Waals surface area contributed by atoms with Crippen molar-refractivity contribution in [3.8, 4) is 5.75 Å². The van der Waals surface area contributed by atoms with Crippen LogP contribution in [0.5, 0.6) is 5.75 Å². The molecule has 0 aliphatic heterocycles. The number of amides is 2. The van der Waals surface area contributed by atoms with Gasteiger partial charge in [-0.05, 0) is 36.4 Å². The predicted molar refractivity (Wildman–Crippen MR) is 87.9 cm³/mol. The van der Waals surface area contributed by atoms with Gasteiger partial charge >= 0.3 is 6.03 Å². The minimum atomic E-state index is -0.337. The van der Waals surface area contributed by atoms with E-state index in [4.69, 9.17) is 21.1 Å². The van der Waals surface area contributed by atoms with Crippen LogP contribution in [0.3, 0.4) is 0 Å². The second kappa shape index (κ2) is 8.26. The van der Waals surface area contributed by atoms with Crippen molar-refractivity contribution in [1.82, 2.24) is 0 Å². The Balaban J connectivity index is 1.90. The van der Waals surface area contributed by atoms with Gasteiger partial charge in [0.1, 0.15) is 12.4 Å². The quantitative estimate of drug-likeness (QED) is 0.791. The first-order valence-corrected chi connectivity index (χ1v) is 7.10. The first-order chi connectivity index (χ1) is 10.7. The summed E-state index contributed by atoms with van der Waals surface area (Å²) in [6, 6.07) is 13.7. The number of rotatable bonds is 6. The predicted octanol–water partition coefficient (Wildman–Crippen LogP) is 4.01. The molecule has 2 rings (SSSR count). The Morgan fingerprint density at radius 1 is 1.05 bits per heavy atom. The first-order valence-electron chi connectivity index (χ1n) is 6.73. The molecule has 0 fully saturated rings. The minimum Gasteiger partial charge on any atom is -0.491 e. The SMILES string of the molecule is COCCOc1cccc(NC(=O)Nc2ccc(Cl)cc2)c1. The molecule has 0 radical (unpaired) electrons. The molecule has 0 spiro atoms. The van der Waals surface area contributed by atoms with E-state index in [1.165, 1.54) is 0 Å². The smallest absolute Gasteiger partial charge is 0.323 e. The molecule has 2 amide bonds. The molecule has 116 valence electrons. The number of benzene rings is 2. The molecule has 0 heterocycles. The molecule has 5 nitrogen and oxygen atoms in total. The zero-order chi connectivity index (χ0) is 15.8. The Morgan fingerprint density at radius 2 is 1.77 bits per heavy atom. The number of ether oxygens (including phenoxy) is 2. The number of hydrogen-bond donors (Lipinski definition) is 2. The molecular formula is C16H17ClN2O3. The first kappa shape index (κ1) is 16.1. The van der Waals surface area contributed by atoms with Crippen molar-refractivity contribution in [2.75, 3.05) is 31.0 Å². The van der Waals surface area contributed by atoms with Crippen LogP contribution in [0.25, 0.3) is 0 Å². The van der Waals surface area contributed by atoms with E-state index in [1.54, 1.807) is 49.6 Å². The maximum absolute atomic E-state index is 11.9. The average Bonchev–Trinajstić information content (AvgIpc) is 2.50. The third-order valence-corrected chi connectivity index (χ3v) is 3.00. The summed E-state index contributed by atoms with van der Waals surface area (Å²) >= 11 is 5.80. The van der Waals surface area contributed by atoms with Crippen LogP contribution in [0.2, 0.25) is 5.02 Å². The molecule has 22 heavy (non-hydrogen) atoms. The summed E-state index contributed by atoms with van der Waals surface area (Å²) in [6.07, 6.45) is 0. The highest BCUT2D eigenvalue weighted by Gasteiger charge is 2.04. The highest BCUT2D eigenvalue weighted by atomic mass is 35.5. The molecule has 2 aromatic carbocycles. The zero-order valence-electron chi connectivity index (χ0n) is 12.1. The molecule has 0 aliphatic rings. The summed E-state index contributed by atoms with van der Waals surface area (Å²) < 4.78 is 10.4.